The SMILES string of the molecule is O=C(NC1CCc2[nH]ncc2C1)N1CCc2ccccc2C1CO. The summed E-state index contributed by atoms with van der Waals surface area (Å²) in [7, 11) is 0. The topological polar surface area (TPSA) is 81.2 Å². The van der Waals surface area contributed by atoms with Gasteiger partial charge in [0.15, 0.2) is 0 Å². The highest BCUT2D eigenvalue weighted by Crippen LogP contribution is 2.29. The fourth-order valence-electron chi connectivity index (χ4n) is 3.89. The molecule has 1 aromatic heterocycles. The zero-order valence-electron chi connectivity index (χ0n) is 13.5. The quantitative estimate of drug-likeness (QED) is 0.783. The maximum Gasteiger partial charge on any atom is 0.318 e. The average molecular weight is 326 g/mol. The number of benzene rings is 1. The van der Waals surface area contributed by atoms with Crippen LogP contribution in [-0.2, 0) is 19.3 Å². The number of H-pyrrole nitrogens is 1. The number of aliphatic hydroxyl groups is 1. The molecule has 2 unspecified atom stereocenters. The number of rotatable bonds is 2. The first-order valence-electron chi connectivity index (χ1n) is 8.53. The van der Waals surface area contributed by atoms with Gasteiger partial charge in [0.1, 0.15) is 0 Å². The number of hydrogen-bond donors (Lipinski definition) is 3. The molecule has 0 saturated heterocycles. The van der Waals surface area contributed by atoms with Crippen LogP contribution in [0.2, 0.25) is 0 Å². The molecule has 24 heavy (non-hydrogen) atoms. The fraction of sp³-hybridized carbons (Fsp3) is 0.444. The van der Waals surface area contributed by atoms with E-state index in [9.17, 15) is 9.90 Å². The zero-order valence-corrected chi connectivity index (χ0v) is 13.5. The highest BCUT2D eigenvalue weighted by Gasteiger charge is 2.31. The van der Waals surface area contributed by atoms with Crippen LogP contribution in [0.1, 0.15) is 34.8 Å². The third-order valence-corrected chi connectivity index (χ3v) is 5.19. The third-order valence-electron chi connectivity index (χ3n) is 5.19. The Bertz CT molecular complexity index is 742. The highest BCUT2D eigenvalue weighted by atomic mass is 16.3. The largest absolute Gasteiger partial charge is 0.394 e. The predicted molar refractivity (Wildman–Crippen MR) is 89.6 cm³/mol. The molecule has 2 aliphatic rings. The second-order valence-electron chi connectivity index (χ2n) is 6.60. The van der Waals surface area contributed by atoms with Crippen LogP contribution in [0, 0.1) is 0 Å². The first kappa shape index (κ1) is 15.2. The normalized spacial score (nSPS) is 22.6. The maximum atomic E-state index is 12.8. The molecule has 0 bridgehead atoms. The Kier molecular flexibility index (Phi) is 3.98. The summed E-state index contributed by atoms with van der Waals surface area (Å²) in [6.07, 6.45) is 5.31. The summed E-state index contributed by atoms with van der Waals surface area (Å²) in [4.78, 5) is 14.5. The third kappa shape index (κ3) is 2.67. The van der Waals surface area contributed by atoms with E-state index in [-0.39, 0.29) is 24.7 Å². The van der Waals surface area contributed by atoms with Gasteiger partial charge in [-0.15, -0.1) is 0 Å². The Morgan fingerprint density at radius 1 is 1.33 bits per heavy atom. The van der Waals surface area contributed by atoms with Crippen molar-refractivity contribution in [1.29, 1.82) is 0 Å². The molecule has 2 heterocycles. The molecule has 0 fully saturated rings. The van der Waals surface area contributed by atoms with Gasteiger partial charge in [-0.3, -0.25) is 5.10 Å². The molecule has 0 saturated carbocycles. The monoisotopic (exact) mass is 326 g/mol. The van der Waals surface area contributed by atoms with Crippen LogP contribution in [0.25, 0.3) is 0 Å². The van der Waals surface area contributed by atoms with Crippen LogP contribution in [-0.4, -0.2) is 45.4 Å². The summed E-state index contributed by atoms with van der Waals surface area (Å²) in [5.74, 6) is 0. The smallest absolute Gasteiger partial charge is 0.318 e. The van der Waals surface area contributed by atoms with Gasteiger partial charge in [-0.2, -0.15) is 5.10 Å². The number of hydrogen-bond acceptors (Lipinski definition) is 3. The van der Waals surface area contributed by atoms with Crippen molar-refractivity contribution in [3.63, 3.8) is 0 Å². The van der Waals surface area contributed by atoms with Crippen molar-refractivity contribution in [3.05, 3.63) is 52.8 Å². The summed E-state index contributed by atoms with van der Waals surface area (Å²) in [6, 6.07) is 7.84. The Hall–Kier alpha value is -2.34. The lowest BCUT2D eigenvalue weighted by atomic mass is 9.92. The van der Waals surface area contributed by atoms with E-state index in [4.69, 9.17) is 0 Å². The number of aromatic amines is 1. The Labute approximate surface area is 140 Å². The van der Waals surface area contributed by atoms with Crippen molar-refractivity contribution in [2.45, 2.75) is 37.8 Å². The number of carbonyl (C=O) groups excluding carboxylic acids is 1. The number of urea groups is 1. The molecule has 2 atom stereocenters. The molecule has 6 nitrogen and oxygen atoms in total. The number of aromatic nitrogens is 2. The van der Waals surface area contributed by atoms with Crippen molar-refractivity contribution >= 4 is 6.03 Å². The van der Waals surface area contributed by atoms with E-state index >= 15 is 0 Å². The molecule has 2 aromatic rings. The van der Waals surface area contributed by atoms with Crippen LogP contribution in [0.15, 0.2) is 30.5 Å². The van der Waals surface area contributed by atoms with Crippen molar-refractivity contribution in [3.8, 4) is 0 Å². The molecule has 6 heteroatoms. The molecular formula is C18H22N4O2. The molecule has 4 rings (SSSR count). The van der Waals surface area contributed by atoms with Crippen molar-refractivity contribution in [1.82, 2.24) is 20.4 Å². The van der Waals surface area contributed by atoms with E-state index in [1.807, 2.05) is 24.4 Å². The first-order valence-corrected chi connectivity index (χ1v) is 8.53. The molecule has 0 radical (unpaired) electrons. The van der Waals surface area contributed by atoms with Crippen molar-refractivity contribution in [2.75, 3.05) is 13.2 Å². The lowest BCUT2D eigenvalue weighted by Crippen LogP contribution is -2.50. The lowest BCUT2D eigenvalue weighted by Gasteiger charge is -2.37. The summed E-state index contributed by atoms with van der Waals surface area (Å²) < 4.78 is 0. The second kappa shape index (κ2) is 6.28. The van der Waals surface area contributed by atoms with Crippen LogP contribution in [0.3, 0.4) is 0 Å². The number of nitrogens with zero attached hydrogens (tertiary/aromatic N) is 2. The summed E-state index contributed by atoms with van der Waals surface area (Å²) >= 11 is 0. The van der Waals surface area contributed by atoms with E-state index in [0.29, 0.717) is 6.54 Å². The van der Waals surface area contributed by atoms with Crippen molar-refractivity contribution in [2.24, 2.45) is 0 Å². The van der Waals surface area contributed by atoms with Gasteiger partial charge in [0.05, 0.1) is 18.8 Å². The van der Waals surface area contributed by atoms with Gasteiger partial charge in [-0.25, -0.2) is 4.79 Å². The second-order valence-corrected chi connectivity index (χ2v) is 6.60. The minimum atomic E-state index is -0.261. The molecule has 1 aliphatic carbocycles. The van der Waals surface area contributed by atoms with Gasteiger partial charge in [-0.05, 0) is 42.4 Å². The highest BCUT2D eigenvalue weighted by molar-refractivity contribution is 5.75. The zero-order chi connectivity index (χ0) is 16.5. The summed E-state index contributed by atoms with van der Waals surface area (Å²) in [6.45, 7) is 0.582. The number of aryl methyl sites for hydroxylation is 1. The first-order chi connectivity index (χ1) is 11.8. The Morgan fingerprint density at radius 3 is 3.08 bits per heavy atom. The van der Waals surface area contributed by atoms with Gasteiger partial charge in [0.2, 0.25) is 0 Å². The van der Waals surface area contributed by atoms with Crippen LogP contribution in [0.5, 0.6) is 0 Å². The minimum absolute atomic E-state index is 0.0546. The van der Waals surface area contributed by atoms with Crippen LogP contribution >= 0.6 is 0 Å². The predicted octanol–water partition coefficient (Wildman–Crippen LogP) is 1.57. The molecule has 2 amide bonds. The van der Waals surface area contributed by atoms with Gasteiger partial charge >= 0.3 is 6.03 Å². The average Bonchev–Trinajstić information content (AvgIpc) is 3.08. The van der Waals surface area contributed by atoms with Gasteiger partial charge < -0.3 is 15.3 Å². The van der Waals surface area contributed by atoms with Gasteiger partial charge in [0.25, 0.3) is 0 Å². The number of fused-ring (bicyclic) bond motifs is 2. The number of carbonyl (C=O) groups is 1. The molecule has 126 valence electrons. The molecule has 0 spiro atoms. The summed E-state index contributed by atoms with van der Waals surface area (Å²) in [5, 5.41) is 20.1. The Balaban J connectivity index is 1.47. The standard InChI is InChI=1S/C18H22N4O2/c23-11-17-15-4-2-1-3-12(15)7-8-22(17)18(24)20-14-5-6-16-13(9-14)10-19-21-16/h1-4,10,14,17,23H,5-9,11H2,(H,19,21)(H,20,24). The number of aliphatic hydroxyl groups excluding tert-OH is 1. The van der Waals surface area contributed by atoms with E-state index in [1.165, 1.54) is 16.8 Å². The molecule has 1 aromatic carbocycles. The van der Waals surface area contributed by atoms with E-state index in [1.54, 1.807) is 4.90 Å². The van der Waals surface area contributed by atoms with Crippen LogP contribution < -0.4 is 5.32 Å². The van der Waals surface area contributed by atoms with Crippen molar-refractivity contribution < 1.29 is 9.90 Å². The lowest BCUT2D eigenvalue weighted by molar-refractivity contribution is 0.124. The number of nitrogens with one attached hydrogen (secondary N) is 2. The van der Waals surface area contributed by atoms with Gasteiger partial charge in [0, 0.05) is 18.3 Å². The Morgan fingerprint density at radius 2 is 2.21 bits per heavy atom. The molecule has 1 aliphatic heterocycles. The van der Waals surface area contributed by atoms with E-state index in [2.05, 4.69) is 21.6 Å². The minimum Gasteiger partial charge on any atom is -0.394 e. The van der Waals surface area contributed by atoms with E-state index < -0.39 is 0 Å². The summed E-state index contributed by atoms with van der Waals surface area (Å²) in [5.41, 5.74) is 4.65. The molecular weight excluding hydrogens is 304 g/mol. The maximum absolute atomic E-state index is 12.8. The fourth-order valence-corrected chi connectivity index (χ4v) is 3.89. The van der Waals surface area contributed by atoms with E-state index in [0.717, 1.165) is 31.2 Å². The van der Waals surface area contributed by atoms with Gasteiger partial charge in [-0.1, -0.05) is 24.3 Å². The number of amides is 2. The van der Waals surface area contributed by atoms with Crippen LogP contribution in [0.4, 0.5) is 4.79 Å². The molecule has 3 N–H and O–H groups in total.